The van der Waals surface area contributed by atoms with E-state index in [0.29, 0.717) is 23.8 Å². The predicted molar refractivity (Wildman–Crippen MR) is 74.7 cm³/mol. The van der Waals surface area contributed by atoms with Gasteiger partial charge in [0.15, 0.2) is 0 Å². The van der Waals surface area contributed by atoms with Crippen molar-refractivity contribution >= 4 is 11.6 Å². The zero-order chi connectivity index (χ0) is 13.7. The van der Waals surface area contributed by atoms with E-state index < -0.39 is 0 Å². The first kappa shape index (κ1) is 13.6. The zero-order valence-corrected chi connectivity index (χ0v) is 11.2. The summed E-state index contributed by atoms with van der Waals surface area (Å²) in [6, 6.07) is 9.63. The Bertz CT molecular complexity index is 492. The number of nitrogens with zero attached hydrogens (tertiary/aromatic N) is 2. The summed E-state index contributed by atoms with van der Waals surface area (Å²) in [5, 5.41) is 11.8. The lowest BCUT2D eigenvalue weighted by molar-refractivity contribution is -0.118. The molecular weight excluding hydrogens is 238 g/mol. The summed E-state index contributed by atoms with van der Waals surface area (Å²) in [7, 11) is 0. The van der Waals surface area contributed by atoms with Gasteiger partial charge < -0.3 is 5.32 Å². The third-order valence-electron chi connectivity index (χ3n) is 3.61. The summed E-state index contributed by atoms with van der Waals surface area (Å²) in [6.45, 7) is 3.55. The van der Waals surface area contributed by atoms with Gasteiger partial charge in [0, 0.05) is 6.04 Å². The second kappa shape index (κ2) is 6.35. The van der Waals surface area contributed by atoms with Gasteiger partial charge in [-0.2, -0.15) is 5.26 Å². The molecule has 19 heavy (non-hydrogen) atoms. The van der Waals surface area contributed by atoms with Gasteiger partial charge in [-0.15, -0.1) is 0 Å². The number of benzene rings is 1. The van der Waals surface area contributed by atoms with Gasteiger partial charge in [0.05, 0.1) is 17.8 Å². The van der Waals surface area contributed by atoms with E-state index in [9.17, 15) is 4.79 Å². The Morgan fingerprint density at radius 1 is 1.47 bits per heavy atom. The van der Waals surface area contributed by atoms with Gasteiger partial charge in [-0.05, 0) is 38.4 Å². The van der Waals surface area contributed by atoms with E-state index in [0.717, 1.165) is 19.4 Å². The third kappa shape index (κ3) is 3.55. The summed E-state index contributed by atoms with van der Waals surface area (Å²) in [5.74, 6) is -0.0450. The number of likely N-dealkylation sites (tertiary alicyclic amines) is 1. The largest absolute Gasteiger partial charge is 0.324 e. The highest BCUT2D eigenvalue weighted by molar-refractivity contribution is 5.93. The molecule has 0 aromatic heterocycles. The highest BCUT2D eigenvalue weighted by Crippen LogP contribution is 2.17. The van der Waals surface area contributed by atoms with Crippen molar-refractivity contribution in [1.29, 1.82) is 5.26 Å². The van der Waals surface area contributed by atoms with E-state index in [2.05, 4.69) is 23.2 Å². The predicted octanol–water partition coefficient (Wildman–Crippen LogP) is 2.37. The molecule has 100 valence electrons. The minimum absolute atomic E-state index is 0.0450. The highest BCUT2D eigenvalue weighted by Gasteiger charge is 2.20. The fraction of sp³-hybridized carbons (Fsp3) is 0.467. The van der Waals surface area contributed by atoms with E-state index in [1.807, 2.05) is 6.07 Å². The van der Waals surface area contributed by atoms with Crippen LogP contribution in [0.2, 0.25) is 0 Å². The monoisotopic (exact) mass is 257 g/mol. The maximum atomic E-state index is 12.0. The number of carbonyl (C=O) groups excluding carboxylic acids is 1. The van der Waals surface area contributed by atoms with Crippen LogP contribution in [0.5, 0.6) is 0 Å². The fourth-order valence-corrected chi connectivity index (χ4v) is 2.46. The molecule has 0 spiro atoms. The second-order valence-corrected chi connectivity index (χ2v) is 5.02. The van der Waals surface area contributed by atoms with Gasteiger partial charge in [0.25, 0.3) is 0 Å². The van der Waals surface area contributed by atoms with Crippen molar-refractivity contribution in [2.75, 3.05) is 18.4 Å². The molecule has 1 fully saturated rings. The van der Waals surface area contributed by atoms with Gasteiger partial charge in [-0.1, -0.05) is 18.6 Å². The first-order valence-corrected chi connectivity index (χ1v) is 6.73. The molecule has 0 aliphatic carbocycles. The van der Waals surface area contributed by atoms with Gasteiger partial charge in [-0.3, -0.25) is 9.69 Å². The number of anilines is 1. The maximum absolute atomic E-state index is 12.0. The standard InChI is InChI=1S/C15H19N3O/c1-12-6-4-5-9-18(12)11-15(19)17-14-8-3-2-7-13(14)10-16/h2-3,7-8,12H,4-6,9,11H2,1H3,(H,17,19)/t12-/m1/s1. The third-order valence-corrected chi connectivity index (χ3v) is 3.61. The minimum Gasteiger partial charge on any atom is -0.324 e. The Labute approximate surface area is 114 Å². The molecule has 0 saturated carbocycles. The second-order valence-electron chi connectivity index (χ2n) is 5.02. The van der Waals surface area contributed by atoms with Crippen LogP contribution in [0.25, 0.3) is 0 Å². The van der Waals surface area contributed by atoms with Gasteiger partial charge >= 0.3 is 0 Å². The number of nitrogens with one attached hydrogen (secondary N) is 1. The number of nitriles is 1. The topological polar surface area (TPSA) is 56.1 Å². The quantitative estimate of drug-likeness (QED) is 0.904. The number of rotatable bonds is 3. The smallest absolute Gasteiger partial charge is 0.238 e. The highest BCUT2D eigenvalue weighted by atomic mass is 16.2. The van der Waals surface area contributed by atoms with Gasteiger partial charge in [0.2, 0.25) is 5.91 Å². The molecule has 1 saturated heterocycles. The molecule has 2 rings (SSSR count). The van der Waals surface area contributed by atoms with Crippen molar-refractivity contribution in [2.24, 2.45) is 0 Å². The molecule has 0 unspecified atom stereocenters. The van der Waals surface area contributed by atoms with E-state index in [-0.39, 0.29) is 5.91 Å². The molecule has 1 aliphatic rings. The Balaban J connectivity index is 1.96. The maximum Gasteiger partial charge on any atom is 0.238 e. The van der Waals surface area contributed by atoms with E-state index in [4.69, 9.17) is 5.26 Å². The number of hydrogen-bond acceptors (Lipinski definition) is 3. The van der Waals surface area contributed by atoms with Crippen molar-refractivity contribution in [1.82, 2.24) is 4.90 Å². The number of carbonyl (C=O) groups is 1. The van der Waals surface area contributed by atoms with Crippen molar-refractivity contribution in [2.45, 2.75) is 32.2 Å². The van der Waals surface area contributed by atoms with E-state index in [1.54, 1.807) is 18.2 Å². The lowest BCUT2D eigenvalue weighted by Crippen LogP contribution is -2.42. The summed E-state index contributed by atoms with van der Waals surface area (Å²) in [5.41, 5.74) is 1.10. The molecule has 1 N–H and O–H groups in total. The summed E-state index contributed by atoms with van der Waals surface area (Å²) in [4.78, 5) is 14.2. The Morgan fingerprint density at radius 3 is 3.00 bits per heavy atom. The van der Waals surface area contributed by atoms with Crippen LogP contribution in [0.4, 0.5) is 5.69 Å². The Kier molecular flexibility index (Phi) is 4.53. The summed E-state index contributed by atoms with van der Waals surface area (Å²) >= 11 is 0. The number of amides is 1. The van der Waals surface area contributed by atoms with E-state index in [1.165, 1.54) is 6.42 Å². The van der Waals surface area contributed by atoms with Crippen LogP contribution in [0, 0.1) is 11.3 Å². The number of para-hydroxylation sites is 1. The molecule has 1 amide bonds. The molecule has 4 heteroatoms. The molecular formula is C15H19N3O. The van der Waals surface area contributed by atoms with Crippen LogP contribution in [-0.4, -0.2) is 29.9 Å². The lowest BCUT2D eigenvalue weighted by Gasteiger charge is -2.32. The molecule has 0 bridgehead atoms. The van der Waals surface area contributed by atoms with Crippen molar-refractivity contribution < 1.29 is 4.79 Å². The zero-order valence-electron chi connectivity index (χ0n) is 11.2. The van der Waals surface area contributed by atoms with Crippen molar-refractivity contribution in [3.05, 3.63) is 29.8 Å². The molecule has 4 nitrogen and oxygen atoms in total. The van der Waals surface area contributed by atoms with Gasteiger partial charge in [0.1, 0.15) is 6.07 Å². The van der Waals surface area contributed by atoms with E-state index >= 15 is 0 Å². The van der Waals surface area contributed by atoms with Crippen LogP contribution in [0.3, 0.4) is 0 Å². The average molecular weight is 257 g/mol. The SMILES string of the molecule is C[C@@H]1CCCCN1CC(=O)Nc1ccccc1C#N. The van der Waals surface area contributed by atoms with Crippen molar-refractivity contribution in [3.8, 4) is 6.07 Å². The normalized spacial score (nSPS) is 19.7. The molecule has 0 radical (unpaired) electrons. The molecule has 1 aliphatic heterocycles. The number of piperidine rings is 1. The summed E-state index contributed by atoms with van der Waals surface area (Å²) < 4.78 is 0. The molecule has 1 aromatic carbocycles. The molecule has 1 atom stereocenters. The Morgan fingerprint density at radius 2 is 2.26 bits per heavy atom. The molecule has 1 heterocycles. The fourth-order valence-electron chi connectivity index (χ4n) is 2.46. The summed E-state index contributed by atoms with van der Waals surface area (Å²) in [6.07, 6.45) is 3.56. The lowest BCUT2D eigenvalue weighted by atomic mass is 10.0. The van der Waals surface area contributed by atoms with Crippen LogP contribution in [0.15, 0.2) is 24.3 Å². The Hall–Kier alpha value is -1.86. The number of hydrogen-bond donors (Lipinski definition) is 1. The first-order chi connectivity index (χ1) is 9.20. The first-order valence-electron chi connectivity index (χ1n) is 6.73. The molecule has 1 aromatic rings. The van der Waals surface area contributed by atoms with Crippen LogP contribution in [-0.2, 0) is 4.79 Å². The van der Waals surface area contributed by atoms with Crippen LogP contribution < -0.4 is 5.32 Å². The van der Waals surface area contributed by atoms with Crippen LogP contribution >= 0.6 is 0 Å². The van der Waals surface area contributed by atoms with Gasteiger partial charge in [-0.25, -0.2) is 0 Å². The van der Waals surface area contributed by atoms with Crippen molar-refractivity contribution in [3.63, 3.8) is 0 Å². The van der Waals surface area contributed by atoms with Crippen LogP contribution in [0.1, 0.15) is 31.7 Å². The average Bonchev–Trinajstić information content (AvgIpc) is 2.42. The minimum atomic E-state index is -0.0450.